The second-order valence-electron chi connectivity index (χ2n) is 23.2. The number of hydrogen-bond acceptors (Lipinski definition) is 19. The predicted octanol–water partition coefficient (Wildman–Crippen LogP) is 11.3. The largest absolute Gasteiger partial charge is 0.492 e. The number of halogens is 2. The quantitative estimate of drug-likeness (QED) is 0.0172. The van der Waals surface area contributed by atoms with E-state index < -0.39 is 13.1 Å². The van der Waals surface area contributed by atoms with Gasteiger partial charge in [0.25, 0.3) is 0 Å². The van der Waals surface area contributed by atoms with Gasteiger partial charge in [-0.25, -0.2) is 4.85 Å². The highest BCUT2D eigenvalue weighted by Crippen LogP contribution is 2.52. The number of pyridine rings is 4. The van der Waals surface area contributed by atoms with Gasteiger partial charge in [-0.1, -0.05) is 48.5 Å². The van der Waals surface area contributed by atoms with Crippen molar-refractivity contribution in [3.8, 4) is 51.6 Å². The Labute approximate surface area is 568 Å². The summed E-state index contributed by atoms with van der Waals surface area (Å²) in [5.74, 6) is 0.880. The minimum Gasteiger partial charge on any atom is -0.492 e. The summed E-state index contributed by atoms with van der Waals surface area (Å²) in [4.78, 5) is 73.6. The Hall–Kier alpha value is -9.29. The van der Waals surface area contributed by atoms with Gasteiger partial charge in [-0.15, -0.1) is 0 Å². The van der Waals surface area contributed by atoms with Crippen LogP contribution in [-0.2, 0) is 33.4 Å². The van der Waals surface area contributed by atoms with Gasteiger partial charge in [0.1, 0.15) is 17.2 Å². The molecule has 0 aliphatic heterocycles. The number of aromatic nitrogens is 4. The normalized spacial score (nSPS) is 14.3. The van der Waals surface area contributed by atoms with Crippen molar-refractivity contribution in [1.29, 1.82) is 10.5 Å². The minimum absolute atomic E-state index is 0.00347. The Morgan fingerprint density at radius 2 is 1.02 bits per heavy atom. The molecule has 496 valence electrons. The molecule has 4 heterocycles. The first kappa shape index (κ1) is 74.8. The number of esters is 3. The molecule has 4 aliphatic rings. The zero-order chi connectivity index (χ0) is 68.9. The maximum absolute atomic E-state index is 11.7. The maximum atomic E-state index is 11.7. The van der Waals surface area contributed by atoms with Gasteiger partial charge < -0.3 is 53.7 Å². The van der Waals surface area contributed by atoms with Crippen LogP contribution in [0.5, 0.6) is 17.2 Å². The van der Waals surface area contributed by atoms with Crippen molar-refractivity contribution in [1.82, 2.24) is 19.9 Å². The van der Waals surface area contributed by atoms with Crippen LogP contribution in [0, 0.1) is 50.9 Å². The van der Waals surface area contributed by atoms with Gasteiger partial charge in [-0.2, -0.15) is 10.5 Å². The topological polar surface area (TPSA) is 328 Å². The Kier molecular flexibility index (Phi) is 29.1. The number of nitrogens with zero attached hydrogens (tertiary/aromatic N) is 6. The number of benzene rings is 3. The molecule has 4 fully saturated rings. The fourth-order valence-corrected chi connectivity index (χ4v) is 9.77. The molecule has 7 aromatic rings. The number of hydrogen-bond donors (Lipinski definition) is 5. The molecule has 4 aliphatic carbocycles. The number of carboxylic acids is 1. The van der Waals surface area contributed by atoms with Gasteiger partial charge in [0.2, 0.25) is 0 Å². The van der Waals surface area contributed by atoms with E-state index in [2.05, 4.69) is 73.5 Å². The second-order valence-corrected chi connectivity index (χ2v) is 24.9. The third-order valence-corrected chi connectivity index (χ3v) is 16.9. The molecule has 0 amide bonds. The molecule has 0 bridgehead atoms. The van der Waals surface area contributed by atoms with Crippen LogP contribution in [0.4, 0.5) is 5.69 Å². The van der Waals surface area contributed by atoms with Crippen molar-refractivity contribution in [2.24, 2.45) is 21.7 Å². The second kappa shape index (κ2) is 37.0. The highest BCUT2D eigenvalue weighted by atomic mass is 79.9. The SMILES string of the molecule is CCOC(=O)CC1(CO)CC1.CCOC(=O)CC1(COc2ccncc2-c2ccc(C#N)cc2)CC1.COC(=O)CC1(COc2ccncc2Br)CC1.N#Cc1ccc(-c2cnccc2OCC2(CC(=O)O)CC2)cc1.O=c1cc[nH]cc1Br.[C-]#[N+]c1ccc(B(O)O)cc1. The molecule has 22 nitrogen and oxygen atoms in total. The zero-order valence-corrected chi connectivity index (χ0v) is 56.1. The van der Waals surface area contributed by atoms with Gasteiger partial charge in [-0.3, -0.25) is 38.9 Å². The van der Waals surface area contributed by atoms with Gasteiger partial charge in [-0.05, 0) is 156 Å². The number of H-pyrrole nitrogens is 1. The monoisotopic (exact) mass is 1420 g/mol. The smallest absolute Gasteiger partial charge is 0.488 e. The number of aliphatic hydroxyl groups is 1. The van der Waals surface area contributed by atoms with E-state index in [4.69, 9.17) is 61.0 Å². The number of aliphatic carboxylic acids is 1. The number of rotatable bonds is 23. The maximum Gasteiger partial charge on any atom is 0.488 e. The van der Waals surface area contributed by atoms with E-state index in [1.54, 1.807) is 105 Å². The van der Waals surface area contributed by atoms with E-state index in [0.29, 0.717) is 84.8 Å². The average Bonchev–Trinajstić information content (AvgIpc) is 1.36. The highest BCUT2D eigenvalue weighted by Gasteiger charge is 2.48. The number of aliphatic hydroxyl groups excluding tert-OH is 1. The van der Waals surface area contributed by atoms with E-state index in [-0.39, 0.29) is 58.0 Å². The number of carboxylic acid groups (broad SMARTS) is 1. The lowest BCUT2D eigenvalue weighted by Gasteiger charge is -2.17. The zero-order valence-electron chi connectivity index (χ0n) is 52.9. The van der Waals surface area contributed by atoms with E-state index in [1.165, 1.54) is 25.3 Å². The summed E-state index contributed by atoms with van der Waals surface area (Å²) in [6.07, 6.45) is 22.4. The molecule has 0 spiro atoms. The fraction of sp³-hybridized carbons (Fsp3) is 0.357. The standard InChI is InChI=1S/C20H20N2O3.C18H16N2O3.C12H14BrNO3.C8H14O3.C7H6BNO2.C5H4BrNO/c1-2-24-19(23)11-20(8-9-20)14-25-18-7-10-22-13-17(18)16-5-3-15(12-21)4-6-16;19-10-13-1-3-14(4-2-13)15-11-20-8-5-16(15)23-12-18(6-7-18)9-17(21)22;1-16-11(15)6-12(3-4-12)8-17-10-2-5-14-7-9(10)13;1-2-11-7(10)5-8(6-9)3-4-8;1-9-7-4-2-6(3-5-7)8(10)11;6-4-3-7-2-1-5(4)8/h3-7,10,13H,2,8-9,11,14H2,1H3;1-5,8,11H,6-7,9,12H2,(H,21,22);2,5,7H,3-4,6,8H2,1H3;9H,2-6H2,1H3;2-5,10-11H;1-3H,(H,7,8). The molecule has 0 unspecified atom stereocenters. The Bertz CT molecular complexity index is 3840. The first-order chi connectivity index (χ1) is 45.7. The van der Waals surface area contributed by atoms with Crippen molar-refractivity contribution < 1.29 is 67.9 Å². The van der Waals surface area contributed by atoms with Crippen LogP contribution in [-0.4, -0.2) is 118 Å². The molecule has 5 N–H and O–H groups in total. The molecule has 0 atom stereocenters. The highest BCUT2D eigenvalue weighted by molar-refractivity contribution is 9.10. The summed E-state index contributed by atoms with van der Waals surface area (Å²) in [6.45, 7) is 12.6. The summed E-state index contributed by atoms with van der Waals surface area (Å²) < 4.78 is 33.6. The van der Waals surface area contributed by atoms with Crippen LogP contribution in [0.2, 0.25) is 0 Å². The first-order valence-electron chi connectivity index (χ1n) is 30.4. The lowest BCUT2D eigenvalue weighted by Crippen LogP contribution is -2.29. The van der Waals surface area contributed by atoms with Gasteiger partial charge in [0.05, 0.1) is 105 Å². The van der Waals surface area contributed by atoms with Crippen molar-refractivity contribution in [3.63, 3.8) is 0 Å². The third kappa shape index (κ3) is 25.2. The number of aromatic amines is 1. The molecular formula is C70H74BBr2N7O15. The number of nitriles is 2. The molecule has 0 radical (unpaired) electrons. The third-order valence-electron chi connectivity index (χ3n) is 15.7. The van der Waals surface area contributed by atoms with Gasteiger partial charge in [0.15, 0.2) is 11.1 Å². The number of methoxy groups -OCH3 is 1. The van der Waals surface area contributed by atoms with E-state index in [0.717, 1.165) is 89.6 Å². The summed E-state index contributed by atoms with van der Waals surface area (Å²) >= 11 is 6.42. The molecule has 3 aromatic carbocycles. The molecule has 11 rings (SSSR count). The number of carbonyl (C=O) groups is 4. The van der Waals surface area contributed by atoms with E-state index >= 15 is 0 Å². The summed E-state index contributed by atoms with van der Waals surface area (Å²) in [7, 11) is -0.0339. The van der Waals surface area contributed by atoms with Crippen molar-refractivity contribution in [2.75, 3.05) is 46.8 Å². The molecule has 25 heteroatoms. The Balaban J connectivity index is 0.000000188. The summed E-state index contributed by atoms with van der Waals surface area (Å²) in [5.41, 5.74) is 5.22. The van der Waals surface area contributed by atoms with Crippen LogP contribution in [0.25, 0.3) is 27.1 Å². The van der Waals surface area contributed by atoms with Gasteiger partial charge >= 0.3 is 31.0 Å². The molecule has 4 saturated carbocycles. The molecular weight excluding hydrogens is 1350 g/mol. The fourth-order valence-electron chi connectivity index (χ4n) is 9.14. The molecule has 95 heavy (non-hydrogen) atoms. The number of nitrogens with one attached hydrogen (secondary N) is 1. The number of carbonyl (C=O) groups excluding carboxylic acids is 3. The summed E-state index contributed by atoms with van der Waals surface area (Å²) in [6, 6.07) is 31.7. The minimum atomic E-state index is -1.45. The van der Waals surface area contributed by atoms with E-state index in [9.17, 15) is 24.0 Å². The van der Waals surface area contributed by atoms with Crippen molar-refractivity contribution >= 4 is 74.0 Å². The Morgan fingerprint density at radius 3 is 1.38 bits per heavy atom. The van der Waals surface area contributed by atoms with Crippen molar-refractivity contribution in [2.45, 2.75) is 90.9 Å². The molecule has 4 aromatic heterocycles. The van der Waals surface area contributed by atoms with Crippen LogP contribution < -0.4 is 25.1 Å². The van der Waals surface area contributed by atoms with Crippen LogP contribution in [0.15, 0.2) is 160 Å². The lowest BCUT2D eigenvalue weighted by molar-refractivity contribution is -0.145. The number of ether oxygens (including phenoxy) is 6. The average molecular weight is 1420 g/mol. The van der Waals surface area contributed by atoms with Gasteiger partial charge in [0, 0.05) is 95.0 Å². The molecule has 0 saturated heterocycles. The summed E-state index contributed by atoms with van der Waals surface area (Å²) in [5, 5.41) is 53.0. The van der Waals surface area contributed by atoms with Crippen molar-refractivity contribution in [3.05, 3.63) is 188 Å². The van der Waals surface area contributed by atoms with Crippen LogP contribution in [0.3, 0.4) is 0 Å². The lowest BCUT2D eigenvalue weighted by atomic mass is 9.80. The van der Waals surface area contributed by atoms with Crippen LogP contribution >= 0.6 is 31.9 Å². The van der Waals surface area contributed by atoms with Crippen LogP contribution in [0.1, 0.15) is 102 Å². The van der Waals surface area contributed by atoms with E-state index in [1.807, 2.05) is 37.3 Å². The Morgan fingerprint density at radius 1 is 0.600 bits per heavy atom. The predicted molar refractivity (Wildman–Crippen MR) is 360 cm³/mol. The first-order valence-corrected chi connectivity index (χ1v) is 32.0.